The lowest BCUT2D eigenvalue weighted by Crippen LogP contribution is -2.55. The minimum absolute atomic E-state index is 0.108. The number of piperidine rings is 1. The zero-order valence-electron chi connectivity index (χ0n) is 17.4. The molecular formula is C22H24FN5O3. The van der Waals surface area contributed by atoms with E-state index in [1.165, 1.54) is 24.6 Å². The van der Waals surface area contributed by atoms with Crippen molar-refractivity contribution < 1.29 is 13.9 Å². The van der Waals surface area contributed by atoms with Crippen molar-refractivity contribution in [3.8, 4) is 17.1 Å². The fourth-order valence-electron chi connectivity index (χ4n) is 4.70. The zero-order valence-corrected chi connectivity index (χ0v) is 17.4. The zero-order chi connectivity index (χ0) is 21.7. The van der Waals surface area contributed by atoms with Gasteiger partial charge in [-0.15, -0.1) is 10.2 Å². The molecule has 1 unspecified atom stereocenters. The molecule has 3 aromatic rings. The van der Waals surface area contributed by atoms with Gasteiger partial charge < -0.3 is 19.7 Å². The summed E-state index contributed by atoms with van der Waals surface area (Å²) in [4.78, 5) is 18.6. The first-order valence-corrected chi connectivity index (χ1v) is 10.6. The van der Waals surface area contributed by atoms with Crippen LogP contribution in [0.3, 0.4) is 0 Å². The number of benzene rings is 1. The third-order valence-electron chi connectivity index (χ3n) is 6.55. The van der Waals surface area contributed by atoms with E-state index in [9.17, 15) is 14.3 Å². The molecule has 0 saturated carbocycles. The summed E-state index contributed by atoms with van der Waals surface area (Å²) in [5.74, 6) is 0.535. The van der Waals surface area contributed by atoms with Crippen molar-refractivity contribution in [3.05, 3.63) is 40.4 Å². The molecule has 2 aliphatic rings. The number of halogens is 1. The second-order valence-electron chi connectivity index (χ2n) is 8.35. The maximum absolute atomic E-state index is 14.9. The molecule has 31 heavy (non-hydrogen) atoms. The van der Waals surface area contributed by atoms with E-state index in [4.69, 9.17) is 4.42 Å². The number of aromatic nitrogens is 3. The van der Waals surface area contributed by atoms with E-state index >= 15 is 0 Å². The summed E-state index contributed by atoms with van der Waals surface area (Å²) in [6.45, 7) is 1.87. The smallest absolute Gasteiger partial charge is 0.195 e. The molecule has 2 aliphatic heterocycles. The topological polar surface area (TPSA) is 104 Å². The minimum Gasteiger partial charge on any atom is -0.507 e. The molecule has 162 valence electrons. The van der Waals surface area contributed by atoms with E-state index in [2.05, 4.69) is 20.5 Å². The fourth-order valence-corrected chi connectivity index (χ4v) is 4.70. The lowest BCUT2D eigenvalue weighted by Gasteiger charge is -2.38. The number of nitrogens with zero attached hydrogens (tertiary/aromatic N) is 4. The Morgan fingerprint density at radius 2 is 2.16 bits per heavy atom. The summed E-state index contributed by atoms with van der Waals surface area (Å²) in [6, 6.07) is 2.86. The van der Waals surface area contributed by atoms with Gasteiger partial charge in [0.1, 0.15) is 17.5 Å². The second-order valence-corrected chi connectivity index (χ2v) is 8.35. The molecule has 1 aromatic carbocycles. The molecule has 4 atom stereocenters. The number of fused-ring (bicyclic) bond motifs is 3. The summed E-state index contributed by atoms with van der Waals surface area (Å²) >= 11 is 0. The molecule has 0 spiro atoms. The number of aromatic hydroxyl groups is 1. The number of nitrogens with one attached hydrogen (secondary N) is 1. The molecule has 5 rings (SSSR count). The predicted molar refractivity (Wildman–Crippen MR) is 114 cm³/mol. The number of alkyl halides is 1. The molecule has 4 heterocycles. The molecule has 2 saturated heterocycles. The number of aryl methyl sites for hydroxylation is 1. The van der Waals surface area contributed by atoms with Gasteiger partial charge in [0.2, 0.25) is 0 Å². The Hall–Kier alpha value is -3.07. The molecule has 0 amide bonds. The molecule has 2 fully saturated rings. The van der Waals surface area contributed by atoms with Gasteiger partial charge in [-0.3, -0.25) is 4.79 Å². The van der Waals surface area contributed by atoms with E-state index in [-0.39, 0.29) is 29.1 Å². The molecule has 0 radical (unpaired) electrons. The highest BCUT2D eigenvalue weighted by atomic mass is 19.1. The normalized spacial score (nSPS) is 25.1. The van der Waals surface area contributed by atoms with Crippen molar-refractivity contribution in [1.29, 1.82) is 0 Å². The first kappa shape index (κ1) is 19.9. The average Bonchev–Trinajstić information content (AvgIpc) is 3.20. The van der Waals surface area contributed by atoms with Gasteiger partial charge in [-0.1, -0.05) is 6.92 Å². The molecule has 8 nitrogen and oxygen atoms in total. The van der Waals surface area contributed by atoms with E-state index in [1.54, 1.807) is 11.9 Å². The summed E-state index contributed by atoms with van der Waals surface area (Å²) in [6.07, 6.45) is 5.08. The van der Waals surface area contributed by atoms with Crippen LogP contribution in [0.25, 0.3) is 22.4 Å². The van der Waals surface area contributed by atoms with Gasteiger partial charge >= 0.3 is 0 Å². The first-order valence-electron chi connectivity index (χ1n) is 10.6. The van der Waals surface area contributed by atoms with Crippen molar-refractivity contribution in [1.82, 2.24) is 20.5 Å². The third kappa shape index (κ3) is 3.33. The van der Waals surface area contributed by atoms with Crippen molar-refractivity contribution in [2.75, 3.05) is 11.9 Å². The van der Waals surface area contributed by atoms with Crippen LogP contribution in [-0.4, -0.2) is 51.6 Å². The summed E-state index contributed by atoms with van der Waals surface area (Å²) in [5, 5.41) is 22.5. The van der Waals surface area contributed by atoms with Crippen LogP contribution in [0, 0.1) is 0 Å². The van der Waals surface area contributed by atoms with Gasteiger partial charge in [-0.05, 0) is 37.8 Å². The highest BCUT2D eigenvalue weighted by Crippen LogP contribution is 2.34. The van der Waals surface area contributed by atoms with Crippen LogP contribution < -0.4 is 15.6 Å². The standard InChI is InChI=1S/C22H24FN5O3/c1-3-11-10-31-18-8-13(17(29)7-14(18)21(11)30)22-24-9-19(26-27-22)28(2)16-6-12-4-5-15(25-12)20(16)23/h7-10,12,15-16,20,25,29H,3-6H2,1-2H3/t12?,15-,16+,20-/m1/s1. The number of hydrogen-bond acceptors (Lipinski definition) is 8. The van der Waals surface area contributed by atoms with Crippen LogP contribution in [0.5, 0.6) is 5.75 Å². The highest BCUT2D eigenvalue weighted by molar-refractivity contribution is 5.85. The van der Waals surface area contributed by atoms with E-state index < -0.39 is 6.17 Å². The lowest BCUT2D eigenvalue weighted by atomic mass is 9.96. The summed E-state index contributed by atoms with van der Waals surface area (Å²) in [5.41, 5.74) is 1.02. The van der Waals surface area contributed by atoms with Crippen LogP contribution >= 0.6 is 0 Å². The van der Waals surface area contributed by atoms with Crippen molar-refractivity contribution >= 4 is 16.8 Å². The van der Waals surface area contributed by atoms with Crippen LogP contribution in [0.4, 0.5) is 10.2 Å². The Kier molecular flexibility index (Phi) is 4.85. The van der Waals surface area contributed by atoms with Gasteiger partial charge in [0.15, 0.2) is 17.1 Å². The van der Waals surface area contributed by atoms with Crippen LogP contribution in [-0.2, 0) is 6.42 Å². The van der Waals surface area contributed by atoms with Gasteiger partial charge in [0.25, 0.3) is 0 Å². The van der Waals surface area contributed by atoms with Crippen molar-refractivity contribution in [2.45, 2.75) is 56.9 Å². The monoisotopic (exact) mass is 425 g/mol. The van der Waals surface area contributed by atoms with Crippen LogP contribution in [0.2, 0.25) is 0 Å². The van der Waals surface area contributed by atoms with E-state index in [1.807, 2.05) is 6.92 Å². The van der Waals surface area contributed by atoms with Crippen LogP contribution in [0.15, 0.2) is 33.8 Å². The highest BCUT2D eigenvalue weighted by Gasteiger charge is 2.43. The predicted octanol–water partition coefficient (Wildman–Crippen LogP) is 2.58. The Morgan fingerprint density at radius 1 is 1.32 bits per heavy atom. The third-order valence-corrected chi connectivity index (χ3v) is 6.55. The van der Waals surface area contributed by atoms with Gasteiger partial charge in [0.05, 0.1) is 29.5 Å². The number of phenolic OH excluding ortho intramolecular Hbond substituents is 1. The number of rotatable bonds is 4. The number of anilines is 1. The summed E-state index contributed by atoms with van der Waals surface area (Å²) < 4.78 is 20.4. The maximum Gasteiger partial charge on any atom is 0.195 e. The summed E-state index contributed by atoms with van der Waals surface area (Å²) in [7, 11) is 1.81. The molecule has 2 bridgehead atoms. The van der Waals surface area contributed by atoms with Gasteiger partial charge in [-0.25, -0.2) is 9.37 Å². The largest absolute Gasteiger partial charge is 0.507 e. The van der Waals surface area contributed by atoms with Gasteiger partial charge in [-0.2, -0.15) is 0 Å². The number of phenols is 1. The Balaban J connectivity index is 1.44. The van der Waals surface area contributed by atoms with Gasteiger partial charge in [0, 0.05) is 24.7 Å². The lowest BCUT2D eigenvalue weighted by molar-refractivity contribution is 0.176. The molecule has 2 aromatic heterocycles. The molecule has 9 heteroatoms. The second kappa shape index (κ2) is 7.56. The quantitative estimate of drug-likeness (QED) is 0.657. The van der Waals surface area contributed by atoms with Crippen molar-refractivity contribution in [3.63, 3.8) is 0 Å². The fraction of sp³-hybridized carbons (Fsp3) is 0.455. The first-order chi connectivity index (χ1) is 15.0. The average molecular weight is 425 g/mol. The van der Waals surface area contributed by atoms with Crippen molar-refractivity contribution in [2.24, 2.45) is 0 Å². The van der Waals surface area contributed by atoms with E-state index in [0.29, 0.717) is 46.8 Å². The molecule has 2 N–H and O–H groups in total. The Labute approximate surface area is 178 Å². The molecule has 0 aliphatic carbocycles. The van der Waals surface area contributed by atoms with Crippen LogP contribution in [0.1, 0.15) is 31.7 Å². The Bertz CT molecular complexity index is 1180. The number of hydrogen-bond donors (Lipinski definition) is 2. The Morgan fingerprint density at radius 3 is 2.90 bits per heavy atom. The molecular weight excluding hydrogens is 401 g/mol. The minimum atomic E-state index is -0.981. The SMILES string of the molecule is CCc1coc2cc(-c3ncc(N(C)[C@H]4CC5CC[C@@H](N5)[C@H]4F)nn3)c(O)cc2c1=O. The maximum atomic E-state index is 14.9. The van der Waals surface area contributed by atoms with E-state index in [0.717, 1.165) is 12.8 Å².